The van der Waals surface area contributed by atoms with Gasteiger partial charge in [-0.05, 0) is 25.1 Å². The number of hydrazone groups is 1. The molecule has 0 spiro atoms. The van der Waals surface area contributed by atoms with E-state index in [4.69, 9.17) is 21.3 Å². The highest BCUT2D eigenvalue weighted by Gasteiger charge is 2.37. The van der Waals surface area contributed by atoms with Crippen molar-refractivity contribution in [2.45, 2.75) is 25.4 Å². The number of nitrogens with zero attached hydrogens (tertiary/aromatic N) is 5. The largest absolute Gasteiger partial charge is 0.507 e. The second-order valence-electron chi connectivity index (χ2n) is 8.98. The molecule has 8 nitrogen and oxygen atoms in total. The summed E-state index contributed by atoms with van der Waals surface area (Å²) in [6.45, 7) is 7.85. The number of carbonyl (C=O) groups excluding carboxylic acids is 1. The van der Waals surface area contributed by atoms with E-state index in [1.165, 1.54) is 29.3 Å². The normalized spacial score (nSPS) is 21.3. The number of fused-ring (bicyclic) bond motifs is 2. The van der Waals surface area contributed by atoms with Crippen LogP contribution in [0, 0.1) is 17.8 Å². The van der Waals surface area contributed by atoms with E-state index in [1.807, 2.05) is 6.92 Å². The van der Waals surface area contributed by atoms with Crippen molar-refractivity contribution in [2.24, 2.45) is 5.10 Å². The lowest BCUT2D eigenvalue weighted by molar-refractivity contribution is -0.129. The molecule has 1 fully saturated rings. The van der Waals surface area contributed by atoms with E-state index >= 15 is 0 Å². The van der Waals surface area contributed by atoms with E-state index in [2.05, 4.69) is 28.5 Å². The molecule has 1 saturated heterocycles. The minimum absolute atomic E-state index is 0.0809. The standard InChI is InChI=1S/C26H25ClFN5O3/c1-4-21(35)33-11-10-32-13-18-24(17-8-9-31(3)30-15(17)2)29-25(22-19(28)6-5-7-20(22)34)23(27)26(18)36-14-16(32)12-33/h4-7,16-17,34H,1,10-14H2,2-3H3/t16-,17?/m1/s1. The van der Waals surface area contributed by atoms with Crippen molar-refractivity contribution in [1.29, 1.82) is 0 Å². The van der Waals surface area contributed by atoms with E-state index in [1.54, 1.807) is 11.9 Å². The van der Waals surface area contributed by atoms with Crippen LogP contribution in [0.5, 0.6) is 11.5 Å². The molecule has 1 N–H and O–H groups in total. The van der Waals surface area contributed by atoms with Crippen LogP contribution in [0.3, 0.4) is 0 Å². The van der Waals surface area contributed by atoms with Crippen LogP contribution in [0.4, 0.5) is 4.39 Å². The molecule has 0 aliphatic carbocycles. The predicted octanol–water partition coefficient (Wildman–Crippen LogP) is 3.20. The number of pyridine rings is 1. The smallest absolute Gasteiger partial charge is 0.246 e. The predicted molar refractivity (Wildman–Crippen MR) is 134 cm³/mol. The van der Waals surface area contributed by atoms with Gasteiger partial charge in [-0.25, -0.2) is 14.4 Å². The van der Waals surface area contributed by atoms with Gasteiger partial charge in [-0.1, -0.05) is 30.2 Å². The van der Waals surface area contributed by atoms with Gasteiger partial charge in [-0.3, -0.25) is 9.69 Å². The molecule has 2 aromatic rings. The lowest BCUT2D eigenvalue weighted by atomic mass is 9.93. The molecule has 2 atom stereocenters. The first-order chi connectivity index (χ1) is 17.3. The van der Waals surface area contributed by atoms with E-state index in [9.17, 15) is 14.3 Å². The molecule has 3 aliphatic heterocycles. The molecule has 5 rings (SSSR count). The van der Waals surface area contributed by atoms with Gasteiger partial charge >= 0.3 is 0 Å². The quantitative estimate of drug-likeness (QED) is 0.505. The zero-order chi connectivity index (χ0) is 25.6. The Kier molecular flexibility index (Phi) is 6.33. The Morgan fingerprint density at radius 3 is 2.92 bits per heavy atom. The van der Waals surface area contributed by atoms with Crippen molar-refractivity contribution >= 4 is 23.2 Å². The van der Waals surface area contributed by atoms with Gasteiger partial charge in [-0.2, -0.15) is 5.10 Å². The Balaban J connectivity index is 1.65. The van der Waals surface area contributed by atoms with Crippen molar-refractivity contribution in [3.8, 4) is 34.7 Å². The highest BCUT2D eigenvalue weighted by molar-refractivity contribution is 6.34. The van der Waals surface area contributed by atoms with Crippen LogP contribution in [0.1, 0.15) is 24.1 Å². The van der Waals surface area contributed by atoms with Crippen LogP contribution >= 0.6 is 11.6 Å². The number of rotatable bonds is 3. The summed E-state index contributed by atoms with van der Waals surface area (Å²) in [6.07, 6.45) is 1.31. The summed E-state index contributed by atoms with van der Waals surface area (Å²) >= 11 is 6.81. The molecule has 3 aliphatic rings. The van der Waals surface area contributed by atoms with Crippen molar-refractivity contribution in [3.05, 3.63) is 53.0 Å². The first-order valence-electron chi connectivity index (χ1n) is 11.6. The minimum atomic E-state index is -0.653. The zero-order valence-electron chi connectivity index (χ0n) is 20.0. The lowest BCUT2D eigenvalue weighted by Gasteiger charge is -2.39. The number of piperazine rings is 1. The third-order valence-electron chi connectivity index (χ3n) is 6.69. The van der Waals surface area contributed by atoms with Crippen LogP contribution in [0.15, 0.2) is 36.0 Å². The maximum Gasteiger partial charge on any atom is 0.246 e. The van der Waals surface area contributed by atoms with Gasteiger partial charge in [-0.15, -0.1) is 0 Å². The molecule has 1 amide bonds. The molecule has 0 radical (unpaired) electrons. The molecule has 10 heteroatoms. The number of halogens is 2. The summed E-state index contributed by atoms with van der Waals surface area (Å²) in [5.74, 6) is 2.04. The van der Waals surface area contributed by atoms with Crippen molar-refractivity contribution in [2.75, 3.05) is 33.3 Å². The summed E-state index contributed by atoms with van der Waals surface area (Å²) in [6, 6.07) is 6.91. The summed E-state index contributed by atoms with van der Waals surface area (Å²) in [5.41, 5.74) is 2.00. The van der Waals surface area contributed by atoms with Crippen LogP contribution in [-0.2, 0) is 11.3 Å². The first kappa shape index (κ1) is 24.1. The highest BCUT2D eigenvalue weighted by Crippen LogP contribution is 2.45. The number of amides is 1. The van der Waals surface area contributed by atoms with Gasteiger partial charge in [0.25, 0.3) is 0 Å². The van der Waals surface area contributed by atoms with Gasteiger partial charge in [0.2, 0.25) is 5.91 Å². The summed E-state index contributed by atoms with van der Waals surface area (Å²) < 4.78 is 21.2. The number of aromatic hydroxyl groups is 1. The second-order valence-corrected chi connectivity index (χ2v) is 9.36. The number of phenolic OH excluding ortho intramolecular Hbond substituents is 1. The molecular weight excluding hydrogens is 485 g/mol. The third-order valence-corrected chi connectivity index (χ3v) is 7.04. The SMILES string of the molecule is C=CC(=O)N1CCN2Cc3c(C4C#CN(C)N=C4C)nc(-c4c(O)cccc4F)c(Cl)c3OC[C@H]2C1. The van der Waals surface area contributed by atoms with Crippen LogP contribution in [-0.4, -0.2) is 75.8 Å². The lowest BCUT2D eigenvalue weighted by Crippen LogP contribution is -2.55. The third kappa shape index (κ3) is 4.16. The van der Waals surface area contributed by atoms with Crippen LogP contribution in [0.25, 0.3) is 11.3 Å². The number of benzene rings is 1. The van der Waals surface area contributed by atoms with Crippen molar-refractivity contribution in [1.82, 2.24) is 19.8 Å². The van der Waals surface area contributed by atoms with Gasteiger partial charge in [0, 0.05) is 44.8 Å². The molecule has 186 valence electrons. The number of phenols is 1. The first-order valence-corrected chi connectivity index (χ1v) is 11.9. The molecule has 1 aromatic heterocycles. The number of hydrogen-bond acceptors (Lipinski definition) is 7. The van der Waals surface area contributed by atoms with Gasteiger partial charge in [0.15, 0.2) is 0 Å². The molecule has 0 saturated carbocycles. The Morgan fingerprint density at radius 2 is 2.19 bits per heavy atom. The van der Waals surface area contributed by atoms with Gasteiger partial charge in [0.05, 0.1) is 28.7 Å². The monoisotopic (exact) mass is 509 g/mol. The van der Waals surface area contributed by atoms with Crippen LogP contribution in [0.2, 0.25) is 5.02 Å². The Labute approximate surface area is 213 Å². The highest BCUT2D eigenvalue weighted by atomic mass is 35.5. The minimum Gasteiger partial charge on any atom is -0.507 e. The fourth-order valence-corrected chi connectivity index (χ4v) is 5.17. The average Bonchev–Trinajstić information content (AvgIpc) is 3.05. The maximum absolute atomic E-state index is 14.9. The molecule has 4 heterocycles. The zero-order valence-corrected chi connectivity index (χ0v) is 20.7. The summed E-state index contributed by atoms with van der Waals surface area (Å²) in [5, 5.41) is 16.6. The van der Waals surface area contributed by atoms with E-state index in [-0.39, 0.29) is 40.6 Å². The Morgan fingerprint density at radius 1 is 1.39 bits per heavy atom. The molecule has 36 heavy (non-hydrogen) atoms. The number of aromatic nitrogens is 1. The average molecular weight is 510 g/mol. The van der Waals surface area contributed by atoms with Crippen molar-refractivity contribution < 1.29 is 19.0 Å². The van der Waals surface area contributed by atoms with E-state index in [0.717, 1.165) is 11.3 Å². The van der Waals surface area contributed by atoms with E-state index < -0.39 is 11.7 Å². The summed E-state index contributed by atoms with van der Waals surface area (Å²) in [4.78, 5) is 21.0. The maximum atomic E-state index is 14.9. The van der Waals surface area contributed by atoms with Crippen molar-refractivity contribution in [3.63, 3.8) is 0 Å². The van der Waals surface area contributed by atoms with Gasteiger partial charge in [0.1, 0.15) is 34.9 Å². The van der Waals surface area contributed by atoms with Crippen LogP contribution < -0.4 is 4.74 Å². The molecule has 1 unspecified atom stereocenters. The second kappa shape index (κ2) is 9.45. The number of ether oxygens (including phenoxy) is 1. The summed E-state index contributed by atoms with van der Waals surface area (Å²) in [7, 11) is 1.75. The topological polar surface area (TPSA) is 81.5 Å². The Bertz CT molecular complexity index is 1330. The van der Waals surface area contributed by atoms with Gasteiger partial charge < -0.3 is 14.7 Å². The molecule has 1 aromatic carbocycles. The molecular formula is C26H25ClFN5O3. The number of hydrogen-bond donors (Lipinski definition) is 1. The Hall–Kier alpha value is -3.61. The van der Waals surface area contributed by atoms with E-state index in [0.29, 0.717) is 37.6 Å². The fraction of sp³-hybridized carbons (Fsp3) is 0.346. The molecule has 0 bridgehead atoms. The fourth-order valence-electron chi connectivity index (χ4n) is 4.87. The number of carbonyl (C=O) groups is 1.